The number of piperidine rings is 1. The molecule has 1 aromatic heterocycles. The molecule has 0 unspecified atom stereocenters. The molecule has 0 amide bonds. The molecular formula is C19H23N3O4S. The maximum atomic E-state index is 12.6. The molecule has 1 aliphatic rings. The third-order valence-corrected chi connectivity index (χ3v) is 6.60. The van der Waals surface area contributed by atoms with Crippen LogP contribution in [0.15, 0.2) is 48.7 Å². The van der Waals surface area contributed by atoms with Gasteiger partial charge in [-0.05, 0) is 37.1 Å². The lowest BCUT2D eigenvalue weighted by molar-refractivity contribution is 0.0600. The van der Waals surface area contributed by atoms with Crippen LogP contribution in [0, 0.1) is 0 Å². The molecule has 0 bridgehead atoms. The first kappa shape index (κ1) is 19.3. The number of hydrogen-bond donors (Lipinski definition) is 1. The van der Waals surface area contributed by atoms with Gasteiger partial charge in [0.25, 0.3) is 0 Å². The fourth-order valence-corrected chi connectivity index (χ4v) is 4.54. The number of nitrogens with zero attached hydrogens (tertiary/aromatic N) is 2. The van der Waals surface area contributed by atoms with Gasteiger partial charge in [0.1, 0.15) is 0 Å². The number of sulfonamides is 1. The quantitative estimate of drug-likeness (QED) is 0.760. The van der Waals surface area contributed by atoms with E-state index in [2.05, 4.69) is 19.3 Å². The molecule has 3 rings (SSSR count). The molecule has 2 aromatic rings. The summed E-state index contributed by atoms with van der Waals surface area (Å²) in [5, 5.41) is -0.410. The van der Waals surface area contributed by atoms with Crippen molar-refractivity contribution < 1.29 is 17.9 Å². The van der Waals surface area contributed by atoms with Crippen LogP contribution in [0.4, 0.5) is 5.69 Å². The fraction of sp³-hybridized carbons (Fsp3) is 0.368. The molecule has 2 heterocycles. The summed E-state index contributed by atoms with van der Waals surface area (Å²) in [5.74, 6) is -0.472. The van der Waals surface area contributed by atoms with Crippen molar-refractivity contribution >= 4 is 21.7 Å². The van der Waals surface area contributed by atoms with Crippen molar-refractivity contribution in [1.82, 2.24) is 9.71 Å². The summed E-state index contributed by atoms with van der Waals surface area (Å²) in [4.78, 5) is 17.7. The van der Waals surface area contributed by atoms with Gasteiger partial charge in [-0.1, -0.05) is 18.2 Å². The number of anilines is 1. The Balaban J connectivity index is 1.54. The molecule has 144 valence electrons. The Hall–Kier alpha value is -2.45. The number of esters is 1. The minimum atomic E-state index is -3.43. The van der Waals surface area contributed by atoms with E-state index in [1.165, 1.54) is 13.3 Å². The van der Waals surface area contributed by atoms with Crippen LogP contribution < -0.4 is 9.62 Å². The number of pyridine rings is 1. The smallest absolute Gasteiger partial charge is 0.339 e. The van der Waals surface area contributed by atoms with Gasteiger partial charge in [0.05, 0.1) is 30.2 Å². The highest BCUT2D eigenvalue weighted by molar-refractivity contribution is 7.90. The van der Waals surface area contributed by atoms with Crippen LogP contribution >= 0.6 is 0 Å². The molecule has 1 N–H and O–H groups in total. The van der Waals surface area contributed by atoms with Gasteiger partial charge in [-0.2, -0.15) is 0 Å². The summed E-state index contributed by atoms with van der Waals surface area (Å²) in [6.45, 7) is 1.52. The Bertz CT molecular complexity index is 862. The van der Waals surface area contributed by atoms with E-state index < -0.39 is 21.2 Å². The zero-order valence-electron chi connectivity index (χ0n) is 15.2. The maximum absolute atomic E-state index is 12.6. The van der Waals surface area contributed by atoms with E-state index in [4.69, 9.17) is 0 Å². The van der Waals surface area contributed by atoms with Crippen molar-refractivity contribution in [3.05, 3.63) is 59.9 Å². The second-order valence-corrected chi connectivity index (χ2v) is 8.46. The van der Waals surface area contributed by atoms with E-state index in [9.17, 15) is 13.2 Å². The fourth-order valence-electron chi connectivity index (χ4n) is 3.12. The van der Waals surface area contributed by atoms with Gasteiger partial charge in [-0.15, -0.1) is 0 Å². The van der Waals surface area contributed by atoms with Gasteiger partial charge in [0, 0.05) is 25.0 Å². The predicted octanol–water partition coefficient (Wildman–Crippen LogP) is 1.96. The molecule has 1 aliphatic heterocycles. The lowest BCUT2D eigenvalue weighted by atomic mass is 10.1. The summed E-state index contributed by atoms with van der Waals surface area (Å²) in [6.07, 6.45) is 2.55. The number of hydrogen-bond acceptors (Lipinski definition) is 6. The monoisotopic (exact) mass is 389 g/mol. The van der Waals surface area contributed by atoms with Crippen LogP contribution in [-0.4, -0.2) is 44.8 Å². The standard InChI is InChI=1S/C19H23N3O4S/c1-26-19(23)15-7-8-16(20-13-15)14-21-27(24,25)18-9-11-22(12-10-18)17-5-3-2-4-6-17/h2-8,13,18,21H,9-12,14H2,1H3. The molecule has 27 heavy (non-hydrogen) atoms. The molecular weight excluding hydrogens is 366 g/mol. The molecule has 0 radical (unpaired) electrons. The first-order valence-corrected chi connectivity index (χ1v) is 10.4. The molecule has 0 saturated carbocycles. The average molecular weight is 389 g/mol. The van der Waals surface area contributed by atoms with Crippen molar-refractivity contribution in [2.75, 3.05) is 25.1 Å². The Morgan fingerprint density at radius 1 is 1.19 bits per heavy atom. The first-order chi connectivity index (χ1) is 13.0. The van der Waals surface area contributed by atoms with Crippen LogP contribution in [0.25, 0.3) is 0 Å². The zero-order valence-corrected chi connectivity index (χ0v) is 16.0. The SMILES string of the molecule is COC(=O)c1ccc(CNS(=O)(=O)C2CCN(c3ccccc3)CC2)nc1. The number of aromatic nitrogens is 1. The maximum Gasteiger partial charge on any atom is 0.339 e. The van der Waals surface area contributed by atoms with Crippen molar-refractivity contribution in [2.24, 2.45) is 0 Å². The molecule has 1 fully saturated rings. The van der Waals surface area contributed by atoms with Crippen molar-refractivity contribution in [3.8, 4) is 0 Å². The van der Waals surface area contributed by atoms with Crippen LogP contribution in [0.3, 0.4) is 0 Å². The zero-order chi connectivity index (χ0) is 19.3. The second-order valence-electron chi connectivity index (χ2n) is 6.42. The molecule has 1 aromatic carbocycles. The number of para-hydroxylation sites is 1. The lowest BCUT2D eigenvalue weighted by Crippen LogP contribution is -2.43. The molecule has 0 atom stereocenters. The highest BCUT2D eigenvalue weighted by Gasteiger charge is 2.29. The van der Waals surface area contributed by atoms with E-state index in [1.54, 1.807) is 12.1 Å². The van der Waals surface area contributed by atoms with Gasteiger partial charge < -0.3 is 9.64 Å². The van der Waals surface area contributed by atoms with Gasteiger partial charge in [-0.3, -0.25) is 4.98 Å². The Labute approximate surface area is 159 Å². The largest absolute Gasteiger partial charge is 0.465 e. The van der Waals surface area contributed by atoms with Gasteiger partial charge in [-0.25, -0.2) is 17.9 Å². The highest BCUT2D eigenvalue weighted by atomic mass is 32.2. The number of methoxy groups -OCH3 is 1. The molecule has 1 saturated heterocycles. The summed E-state index contributed by atoms with van der Waals surface area (Å²) in [5.41, 5.74) is 2.00. The second kappa shape index (κ2) is 8.49. The predicted molar refractivity (Wildman–Crippen MR) is 103 cm³/mol. The number of benzene rings is 1. The Morgan fingerprint density at radius 2 is 1.89 bits per heavy atom. The van der Waals surface area contributed by atoms with Gasteiger partial charge >= 0.3 is 5.97 Å². The molecule has 8 heteroatoms. The topological polar surface area (TPSA) is 88.6 Å². The molecule has 0 aliphatic carbocycles. The number of nitrogens with one attached hydrogen (secondary N) is 1. The number of carbonyl (C=O) groups is 1. The van der Waals surface area contributed by atoms with E-state index in [-0.39, 0.29) is 6.54 Å². The van der Waals surface area contributed by atoms with E-state index in [0.717, 1.165) is 5.69 Å². The molecule has 7 nitrogen and oxygen atoms in total. The highest BCUT2D eigenvalue weighted by Crippen LogP contribution is 2.22. The number of rotatable bonds is 6. The van der Waals surface area contributed by atoms with Gasteiger partial charge in [0.15, 0.2) is 0 Å². The van der Waals surface area contributed by atoms with Crippen molar-refractivity contribution in [2.45, 2.75) is 24.6 Å². The van der Waals surface area contributed by atoms with Crippen LogP contribution in [-0.2, 0) is 21.3 Å². The third kappa shape index (κ3) is 4.84. The van der Waals surface area contributed by atoms with Crippen LogP contribution in [0.2, 0.25) is 0 Å². The van der Waals surface area contributed by atoms with E-state index in [0.29, 0.717) is 37.2 Å². The Morgan fingerprint density at radius 3 is 2.48 bits per heavy atom. The normalized spacial score (nSPS) is 15.5. The number of ether oxygens (including phenoxy) is 1. The van der Waals surface area contributed by atoms with Gasteiger partial charge in [0.2, 0.25) is 10.0 Å². The number of carbonyl (C=O) groups excluding carboxylic acids is 1. The average Bonchev–Trinajstić information content (AvgIpc) is 2.73. The van der Waals surface area contributed by atoms with Crippen LogP contribution in [0.5, 0.6) is 0 Å². The minimum Gasteiger partial charge on any atom is -0.465 e. The molecule has 0 spiro atoms. The van der Waals surface area contributed by atoms with Crippen LogP contribution in [0.1, 0.15) is 28.9 Å². The lowest BCUT2D eigenvalue weighted by Gasteiger charge is -2.33. The first-order valence-electron chi connectivity index (χ1n) is 8.81. The van der Waals surface area contributed by atoms with E-state index >= 15 is 0 Å². The minimum absolute atomic E-state index is 0.0999. The van der Waals surface area contributed by atoms with Crippen molar-refractivity contribution in [3.63, 3.8) is 0 Å². The summed E-state index contributed by atoms with van der Waals surface area (Å²) < 4.78 is 32.4. The summed E-state index contributed by atoms with van der Waals surface area (Å²) in [7, 11) is -2.13. The third-order valence-electron chi connectivity index (χ3n) is 4.70. The summed E-state index contributed by atoms with van der Waals surface area (Å²) >= 11 is 0. The Kier molecular flexibility index (Phi) is 6.08. The summed E-state index contributed by atoms with van der Waals surface area (Å²) in [6, 6.07) is 13.2. The van der Waals surface area contributed by atoms with Crippen molar-refractivity contribution in [1.29, 1.82) is 0 Å². The van der Waals surface area contributed by atoms with E-state index in [1.807, 2.05) is 30.3 Å².